The number of aryl methyl sites for hydroxylation is 1. The molecule has 1 aromatic rings. The Kier molecular flexibility index (Phi) is 6.82. The van der Waals surface area contributed by atoms with Gasteiger partial charge in [-0.2, -0.15) is 0 Å². The maximum atomic E-state index is 11.6. The Morgan fingerprint density at radius 1 is 1.15 bits per heavy atom. The first kappa shape index (κ1) is 16.8. The van der Waals surface area contributed by atoms with Crippen LogP contribution in [-0.2, 0) is 14.3 Å². The van der Waals surface area contributed by atoms with Gasteiger partial charge in [0.05, 0.1) is 12.8 Å². The molecule has 0 aromatic heterocycles. The topological polar surface area (TPSA) is 52.6 Å². The predicted octanol–water partition coefficient (Wildman–Crippen LogP) is 3.34. The van der Waals surface area contributed by atoms with Gasteiger partial charge >= 0.3 is 11.9 Å². The summed E-state index contributed by atoms with van der Waals surface area (Å²) in [5, 5.41) is 0. The monoisotopic (exact) mass is 318 g/mol. The first-order valence-electron chi connectivity index (χ1n) is 6.11. The van der Waals surface area contributed by atoms with Gasteiger partial charge < -0.3 is 9.47 Å². The van der Waals surface area contributed by atoms with E-state index in [0.29, 0.717) is 5.75 Å². The Morgan fingerprint density at radius 2 is 1.80 bits per heavy atom. The molecule has 0 spiro atoms. The van der Waals surface area contributed by atoms with Gasteiger partial charge in [0.15, 0.2) is 0 Å². The quantitative estimate of drug-likeness (QED) is 0.458. The van der Waals surface area contributed by atoms with E-state index >= 15 is 0 Å². The molecular formula is C14H16Cl2O4. The average molecular weight is 319 g/mol. The van der Waals surface area contributed by atoms with E-state index in [1.54, 1.807) is 12.1 Å². The minimum absolute atomic E-state index is 0.0541. The molecule has 110 valence electrons. The molecule has 0 amide bonds. The Hall–Kier alpha value is -1.26. The molecule has 0 saturated heterocycles. The molecule has 0 fully saturated rings. The SMILES string of the molecule is Cc1cccc(OC(=O)CCC(=O)OCC(Cl)Cl)c1C. The number of hydrogen-bond donors (Lipinski definition) is 0. The molecular weight excluding hydrogens is 303 g/mol. The van der Waals surface area contributed by atoms with Crippen LogP contribution in [0.3, 0.4) is 0 Å². The lowest BCUT2D eigenvalue weighted by atomic mass is 10.1. The van der Waals surface area contributed by atoms with Gasteiger partial charge in [0, 0.05) is 0 Å². The van der Waals surface area contributed by atoms with E-state index < -0.39 is 16.8 Å². The van der Waals surface area contributed by atoms with Crippen molar-refractivity contribution in [1.82, 2.24) is 0 Å². The number of rotatable bonds is 6. The summed E-state index contributed by atoms with van der Waals surface area (Å²) in [7, 11) is 0. The summed E-state index contributed by atoms with van der Waals surface area (Å²) in [6.45, 7) is 3.71. The summed E-state index contributed by atoms with van der Waals surface area (Å²) in [6.07, 6.45) is -0.119. The summed E-state index contributed by atoms with van der Waals surface area (Å²) >= 11 is 10.8. The lowest BCUT2D eigenvalue weighted by Gasteiger charge is -2.09. The zero-order valence-electron chi connectivity index (χ0n) is 11.3. The summed E-state index contributed by atoms with van der Waals surface area (Å²) in [6, 6.07) is 5.45. The van der Waals surface area contributed by atoms with E-state index in [1.165, 1.54) is 0 Å². The highest BCUT2D eigenvalue weighted by molar-refractivity contribution is 6.44. The lowest BCUT2D eigenvalue weighted by molar-refractivity contribution is -0.146. The third kappa shape index (κ3) is 5.80. The lowest BCUT2D eigenvalue weighted by Crippen LogP contribution is -2.14. The van der Waals surface area contributed by atoms with Gasteiger partial charge in [-0.25, -0.2) is 0 Å². The number of alkyl halides is 2. The highest BCUT2D eigenvalue weighted by atomic mass is 35.5. The van der Waals surface area contributed by atoms with Crippen molar-refractivity contribution in [3.63, 3.8) is 0 Å². The second kappa shape index (κ2) is 8.12. The second-order valence-corrected chi connectivity index (χ2v) is 5.52. The fraction of sp³-hybridized carbons (Fsp3) is 0.429. The van der Waals surface area contributed by atoms with Crippen LogP contribution in [0.15, 0.2) is 18.2 Å². The number of ether oxygens (including phenoxy) is 2. The maximum absolute atomic E-state index is 11.6. The van der Waals surface area contributed by atoms with Crippen LogP contribution in [-0.4, -0.2) is 23.4 Å². The standard InChI is InChI=1S/C14H16Cl2O4/c1-9-4-3-5-11(10(9)2)20-14(18)7-6-13(17)19-8-12(15)16/h3-5,12H,6-8H2,1-2H3. The van der Waals surface area contributed by atoms with Crippen molar-refractivity contribution in [2.24, 2.45) is 0 Å². The van der Waals surface area contributed by atoms with Gasteiger partial charge in [0.2, 0.25) is 0 Å². The summed E-state index contributed by atoms with van der Waals surface area (Å²) in [5.74, 6) is -0.511. The Bertz CT molecular complexity index is 486. The number of esters is 2. The van der Waals surface area contributed by atoms with E-state index in [-0.39, 0.29) is 19.4 Å². The highest BCUT2D eigenvalue weighted by Crippen LogP contribution is 2.21. The molecule has 0 saturated carbocycles. The van der Waals surface area contributed by atoms with Crippen LogP contribution < -0.4 is 4.74 Å². The van der Waals surface area contributed by atoms with E-state index in [4.69, 9.17) is 32.7 Å². The van der Waals surface area contributed by atoms with E-state index in [9.17, 15) is 9.59 Å². The predicted molar refractivity (Wildman–Crippen MR) is 77.2 cm³/mol. The molecule has 0 heterocycles. The molecule has 1 aromatic carbocycles. The van der Waals surface area contributed by atoms with Crippen molar-refractivity contribution in [3.8, 4) is 5.75 Å². The van der Waals surface area contributed by atoms with E-state index in [2.05, 4.69) is 0 Å². The van der Waals surface area contributed by atoms with Gasteiger partial charge in [-0.15, -0.1) is 23.2 Å². The van der Waals surface area contributed by atoms with Crippen LogP contribution in [0.4, 0.5) is 0 Å². The number of carbonyl (C=O) groups is 2. The number of benzene rings is 1. The van der Waals surface area contributed by atoms with Crippen molar-refractivity contribution in [2.45, 2.75) is 31.5 Å². The van der Waals surface area contributed by atoms with Crippen molar-refractivity contribution < 1.29 is 19.1 Å². The Labute approximate surface area is 128 Å². The smallest absolute Gasteiger partial charge is 0.311 e. The largest absolute Gasteiger partial charge is 0.463 e. The zero-order chi connectivity index (χ0) is 15.1. The molecule has 6 heteroatoms. The fourth-order valence-electron chi connectivity index (χ4n) is 1.44. The highest BCUT2D eigenvalue weighted by Gasteiger charge is 2.12. The second-order valence-electron chi connectivity index (χ2n) is 4.25. The molecule has 0 aliphatic carbocycles. The molecule has 0 unspecified atom stereocenters. The third-order valence-corrected chi connectivity index (χ3v) is 2.93. The van der Waals surface area contributed by atoms with Crippen LogP contribution in [0.2, 0.25) is 0 Å². The van der Waals surface area contributed by atoms with E-state index in [1.807, 2.05) is 19.9 Å². The van der Waals surface area contributed by atoms with E-state index in [0.717, 1.165) is 11.1 Å². The first-order chi connectivity index (χ1) is 9.40. The normalized spacial score (nSPS) is 10.4. The molecule has 0 N–H and O–H groups in total. The maximum Gasteiger partial charge on any atom is 0.311 e. The first-order valence-corrected chi connectivity index (χ1v) is 6.98. The fourth-order valence-corrected chi connectivity index (χ4v) is 1.57. The molecule has 0 atom stereocenters. The Balaban J connectivity index is 2.40. The van der Waals surface area contributed by atoms with Crippen molar-refractivity contribution in [1.29, 1.82) is 0 Å². The van der Waals surface area contributed by atoms with Crippen LogP contribution >= 0.6 is 23.2 Å². The molecule has 0 bridgehead atoms. The van der Waals surface area contributed by atoms with Gasteiger partial charge in [-0.3, -0.25) is 9.59 Å². The molecule has 1 rings (SSSR count). The summed E-state index contributed by atoms with van der Waals surface area (Å²) < 4.78 is 9.94. The van der Waals surface area contributed by atoms with Crippen LogP contribution in [0.25, 0.3) is 0 Å². The Morgan fingerprint density at radius 3 is 2.45 bits per heavy atom. The van der Waals surface area contributed by atoms with Crippen molar-refractivity contribution in [2.75, 3.05) is 6.61 Å². The number of carbonyl (C=O) groups excluding carboxylic acids is 2. The molecule has 4 nitrogen and oxygen atoms in total. The van der Waals surface area contributed by atoms with Crippen LogP contribution in [0, 0.1) is 13.8 Å². The molecule has 0 aliphatic rings. The van der Waals surface area contributed by atoms with Gasteiger partial charge in [0.1, 0.15) is 17.2 Å². The van der Waals surface area contributed by atoms with Crippen LogP contribution in [0.1, 0.15) is 24.0 Å². The van der Waals surface area contributed by atoms with Gasteiger partial charge in [0.25, 0.3) is 0 Å². The van der Waals surface area contributed by atoms with Gasteiger partial charge in [-0.1, -0.05) is 12.1 Å². The zero-order valence-corrected chi connectivity index (χ0v) is 12.8. The van der Waals surface area contributed by atoms with Gasteiger partial charge in [-0.05, 0) is 31.0 Å². The summed E-state index contributed by atoms with van der Waals surface area (Å²) in [5.41, 5.74) is 1.93. The average Bonchev–Trinajstić information content (AvgIpc) is 2.39. The number of halogens is 2. The van der Waals surface area contributed by atoms with Crippen LogP contribution in [0.5, 0.6) is 5.75 Å². The molecule has 0 radical (unpaired) electrons. The minimum Gasteiger partial charge on any atom is -0.463 e. The van der Waals surface area contributed by atoms with Crippen molar-refractivity contribution in [3.05, 3.63) is 29.3 Å². The summed E-state index contributed by atoms with van der Waals surface area (Å²) in [4.78, 5) is 22.2. The molecule has 0 aliphatic heterocycles. The minimum atomic E-state index is -0.763. The third-order valence-electron chi connectivity index (χ3n) is 2.68. The van der Waals surface area contributed by atoms with Crippen molar-refractivity contribution >= 4 is 35.1 Å². The molecule has 20 heavy (non-hydrogen) atoms. The number of hydrogen-bond acceptors (Lipinski definition) is 4.